The van der Waals surface area contributed by atoms with Crippen molar-refractivity contribution in [3.63, 3.8) is 0 Å². The van der Waals surface area contributed by atoms with Crippen LogP contribution in [0.2, 0.25) is 0 Å². The quantitative estimate of drug-likeness (QED) is 0.229. The van der Waals surface area contributed by atoms with Crippen LogP contribution in [0.15, 0.2) is 40.8 Å². The Kier molecular flexibility index (Phi) is 8.17. The van der Waals surface area contributed by atoms with Gasteiger partial charge in [0.15, 0.2) is 23.0 Å². The first-order valence-corrected chi connectivity index (χ1v) is 12.0. The minimum absolute atomic E-state index is 0.00729. The number of thiocarbonyl (C=S) groups is 1. The van der Waals surface area contributed by atoms with E-state index in [4.69, 9.17) is 32.8 Å². The summed E-state index contributed by atoms with van der Waals surface area (Å²) in [5, 5.41) is 2.48. The van der Waals surface area contributed by atoms with Crippen molar-refractivity contribution < 1.29 is 36.2 Å². The second-order valence-electron chi connectivity index (χ2n) is 8.79. The highest BCUT2D eigenvalue weighted by atomic mass is 32.1. The van der Waals surface area contributed by atoms with Crippen molar-refractivity contribution in [3.8, 4) is 23.0 Å². The van der Waals surface area contributed by atoms with Crippen LogP contribution in [0, 0.1) is 17.6 Å². The van der Waals surface area contributed by atoms with Gasteiger partial charge in [0.2, 0.25) is 5.89 Å². The number of nitrogens with one attached hydrogen (secondary N) is 1. The molecule has 0 unspecified atom stereocenters. The minimum Gasteiger partial charge on any atom is -0.489 e. The fourth-order valence-electron chi connectivity index (χ4n) is 3.60. The predicted molar refractivity (Wildman–Crippen MR) is 133 cm³/mol. The summed E-state index contributed by atoms with van der Waals surface area (Å²) in [6.45, 7) is -1.18. The van der Waals surface area contributed by atoms with E-state index < -0.39 is 36.2 Å². The fourth-order valence-corrected chi connectivity index (χ4v) is 3.79. The topological polar surface area (TPSA) is 126 Å². The zero-order valence-electron chi connectivity index (χ0n) is 20.0. The number of carbonyl (C=O) groups excluding carboxylic acids is 1. The van der Waals surface area contributed by atoms with Gasteiger partial charge in [-0.15, -0.1) is 0 Å². The van der Waals surface area contributed by atoms with Gasteiger partial charge in [-0.2, -0.15) is 8.78 Å². The van der Waals surface area contributed by atoms with Crippen LogP contribution in [0.25, 0.3) is 11.5 Å². The Labute approximate surface area is 220 Å². The normalized spacial score (nSPS) is 14.7. The number of nitrogens with zero attached hydrogens (tertiary/aromatic N) is 1. The lowest BCUT2D eigenvalue weighted by atomic mass is 10.1. The summed E-state index contributed by atoms with van der Waals surface area (Å²) in [4.78, 5) is 17.1. The molecule has 1 fully saturated rings. The number of nitrogens with two attached hydrogens (primary N) is 2. The summed E-state index contributed by atoms with van der Waals surface area (Å²) in [5.41, 5.74) is 11.6. The molecule has 1 amide bonds. The number of oxazole rings is 1. The fraction of sp³-hybridized carbons (Fsp3) is 0.320. The van der Waals surface area contributed by atoms with Crippen molar-refractivity contribution in [2.24, 2.45) is 17.4 Å². The van der Waals surface area contributed by atoms with Crippen LogP contribution in [-0.2, 0) is 0 Å². The van der Waals surface area contributed by atoms with Crippen molar-refractivity contribution in [1.82, 2.24) is 10.3 Å². The number of halogens is 4. The molecule has 8 nitrogen and oxygen atoms in total. The maximum atomic E-state index is 14.4. The molecule has 1 aliphatic carbocycles. The molecule has 4 rings (SSSR count). The summed E-state index contributed by atoms with van der Waals surface area (Å²) in [5.74, 6) is -2.44. The van der Waals surface area contributed by atoms with Crippen molar-refractivity contribution >= 4 is 23.1 Å². The van der Waals surface area contributed by atoms with Crippen molar-refractivity contribution in [1.29, 1.82) is 0 Å². The number of hydrogen-bond donors (Lipinski definition) is 3. The molecule has 0 spiro atoms. The number of rotatable bonds is 11. The first kappa shape index (κ1) is 27.3. The maximum Gasteiger partial charge on any atom is 0.387 e. The van der Waals surface area contributed by atoms with E-state index in [1.165, 1.54) is 18.2 Å². The van der Waals surface area contributed by atoms with E-state index in [0.29, 0.717) is 24.2 Å². The molecule has 0 radical (unpaired) electrons. The van der Waals surface area contributed by atoms with Crippen LogP contribution in [0.5, 0.6) is 11.5 Å². The lowest BCUT2D eigenvalue weighted by molar-refractivity contribution is -0.0515. The van der Waals surface area contributed by atoms with E-state index >= 15 is 0 Å². The number of hydrogen-bond acceptors (Lipinski definition) is 7. The van der Waals surface area contributed by atoms with Gasteiger partial charge in [0.05, 0.1) is 12.6 Å². The van der Waals surface area contributed by atoms with E-state index in [1.807, 2.05) is 0 Å². The Morgan fingerprint density at radius 3 is 2.55 bits per heavy atom. The summed E-state index contributed by atoms with van der Waals surface area (Å²) < 4.78 is 69.5. The number of alkyl halides is 2. The molecular formula is C25H24F4N4O4S. The van der Waals surface area contributed by atoms with Gasteiger partial charge in [-0.25, -0.2) is 13.8 Å². The van der Waals surface area contributed by atoms with Gasteiger partial charge in [-0.1, -0.05) is 18.3 Å². The minimum atomic E-state index is -3.06. The average molecular weight is 553 g/mol. The Morgan fingerprint density at radius 2 is 1.95 bits per heavy atom. The van der Waals surface area contributed by atoms with Crippen LogP contribution in [0.3, 0.4) is 0 Å². The number of amides is 1. The number of ether oxygens (including phenoxy) is 2. The van der Waals surface area contributed by atoms with Crippen LogP contribution in [0.1, 0.15) is 53.7 Å². The summed E-state index contributed by atoms with van der Waals surface area (Å²) in [6.07, 6.45) is 1.96. The standard InChI is InChI=1S/C25H24F4N4O4S/c1-11(30)21-20(23(34)32-19(22(31)38)15-6-5-14(26)9-16(15)27)33-24(37-21)13-4-7-17(36-25(28)29)18(8-13)35-10-12-2-3-12/h4-9,11-12,19,25H,2-3,10,30H2,1H3,(H2,31,38)(H,32,34)/t11-,19+/m0/s1. The first-order chi connectivity index (χ1) is 18.0. The third-order valence-electron chi connectivity index (χ3n) is 5.69. The summed E-state index contributed by atoms with van der Waals surface area (Å²) >= 11 is 4.98. The van der Waals surface area contributed by atoms with E-state index in [9.17, 15) is 22.4 Å². The molecule has 3 aromatic rings. The second-order valence-corrected chi connectivity index (χ2v) is 9.26. The van der Waals surface area contributed by atoms with Gasteiger partial charge in [-0.3, -0.25) is 4.79 Å². The molecule has 0 aliphatic heterocycles. The zero-order valence-corrected chi connectivity index (χ0v) is 20.9. The second kappa shape index (κ2) is 11.4. The molecule has 38 heavy (non-hydrogen) atoms. The zero-order chi connectivity index (χ0) is 27.6. The highest BCUT2D eigenvalue weighted by molar-refractivity contribution is 7.80. The molecule has 0 saturated heterocycles. The maximum absolute atomic E-state index is 14.4. The molecule has 13 heteroatoms. The first-order valence-electron chi connectivity index (χ1n) is 11.6. The molecule has 1 heterocycles. The highest BCUT2D eigenvalue weighted by Crippen LogP contribution is 2.37. The van der Waals surface area contributed by atoms with Gasteiger partial charge >= 0.3 is 6.61 Å². The highest BCUT2D eigenvalue weighted by Gasteiger charge is 2.29. The third kappa shape index (κ3) is 6.40. The number of carbonyl (C=O) groups is 1. The van der Waals surface area contributed by atoms with E-state index in [2.05, 4.69) is 15.0 Å². The van der Waals surface area contributed by atoms with Crippen LogP contribution in [-0.4, -0.2) is 29.1 Å². The third-order valence-corrected chi connectivity index (χ3v) is 5.93. The molecule has 202 valence electrons. The Bertz CT molecular complexity index is 1350. The predicted octanol–water partition coefficient (Wildman–Crippen LogP) is 4.79. The van der Waals surface area contributed by atoms with Crippen LogP contribution < -0.4 is 26.3 Å². The van der Waals surface area contributed by atoms with Gasteiger partial charge < -0.3 is 30.7 Å². The van der Waals surface area contributed by atoms with E-state index in [1.54, 1.807) is 6.92 Å². The molecule has 1 aliphatic rings. The SMILES string of the molecule is C[C@H](N)c1oc(-c2ccc(OC(F)F)c(OCC3CC3)c2)nc1C(=O)N[C@@H](C(N)=S)c1ccc(F)cc1F. The molecule has 1 saturated carbocycles. The molecular weight excluding hydrogens is 528 g/mol. The largest absolute Gasteiger partial charge is 0.489 e. The average Bonchev–Trinajstić information content (AvgIpc) is 3.56. The van der Waals surface area contributed by atoms with Gasteiger partial charge in [-0.05, 0) is 49.9 Å². The van der Waals surface area contributed by atoms with Gasteiger partial charge in [0.25, 0.3) is 5.91 Å². The van der Waals surface area contributed by atoms with E-state index in [-0.39, 0.29) is 39.4 Å². The van der Waals surface area contributed by atoms with Gasteiger partial charge in [0.1, 0.15) is 22.7 Å². The molecule has 5 N–H and O–H groups in total. The van der Waals surface area contributed by atoms with Gasteiger partial charge in [0, 0.05) is 17.2 Å². The van der Waals surface area contributed by atoms with Crippen LogP contribution >= 0.6 is 12.2 Å². The Morgan fingerprint density at radius 1 is 1.21 bits per heavy atom. The van der Waals surface area contributed by atoms with Crippen LogP contribution in [0.4, 0.5) is 17.6 Å². The monoisotopic (exact) mass is 552 g/mol. The molecule has 2 aromatic carbocycles. The summed E-state index contributed by atoms with van der Waals surface area (Å²) in [7, 11) is 0. The molecule has 0 bridgehead atoms. The lowest BCUT2D eigenvalue weighted by Crippen LogP contribution is -2.37. The Balaban J connectivity index is 1.65. The summed E-state index contributed by atoms with van der Waals surface area (Å²) in [6, 6.07) is 4.76. The van der Waals surface area contributed by atoms with Crippen molar-refractivity contribution in [3.05, 3.63) is 65.1 Å². The number of aromatic nitrogens is 1. The Hall–Kier alpha value is -3.71. The van der Waals surface area contributed by atoms with Crippen molar-refractivity contribution in [2.45, 2.75) is 38.5 Å². The van der Waals surface area contributed by atoms with E-state index in [0.717, 1.165) is 25.0 Å². The number of benzene rings is 2. The van der Waals surface area contributed by atoms with Crippen molar-refractivity contribution in [2.75, 3.05) is 6.61 Å². The smallest absolute Gasteiger partial charge is 0.387 e. The lowest BCUT2D eigenvalue weighted by Gasteiger charge is -2.18. The molecule has 2 atom stereocenters. The molecule has 1 aromatic heterocycles.